The summed E-state index contributed by atoms with van der Waals surface area (Å²) in [5, 5.41) is 29.4. The molecule has 2 aromatic heterocycles. The zero-order valence-corrected chi connectivity index (χ0v) is 35.1. The van der Waals surface area contributed by atoms with Crippen LogP contribution in [0.5, 0.6) is 0 Å². The standard InChI is InChI=1S/C44H65N5O8/c1-25(2)28-11-16-44(24-51)18-17-42(7)29(36(28)44)9-10-33-41(6)14-13-34(40(4,5)32(41)12-15-43(33,42)8)57-39(54)55-23-27-21-49(47-46-27)30-19-35(56-31(30)22-50)48-20-26(3)37(52)45-38(48)53/h20-21,28-36,50-51H,1,9-19,22-24H2,2-8H3,(H,45,52,53)/t28-,29+,30-,31+,32-,33+,34-,35+,36+,41-,42+,43+,44+/m0/s1. The monoisotopic (exact) mass is 791 g/mol. The van der Waals surface area contributed by atoms with Gasteiger partial charge in [-0.15, -0.1) is 5.10 Å². The molecule has 0 spiro atoms. The average molecular weight is 792 g/mol. The summed E-state index contributed by atoms with van der Waals surface area (Å²) in [7, 11) is 0. The predicted molar refractivity (Wildman–Crippen MR) is 212 cm³/mol. The number of hydrogen-bond acceptors (Lipinski definition) is 10. The Hall–Kier alpha value is -3.29. The average Bonchev–Trinajstić information content (AvgIpc) is 3.91. The van der Waals surface area contributed by atoms with Gasteiger partial charge in [-0.05, 0) is 129 Å². The highest BCUT2D eigenvalue weighted by Crippen LogP contribution is 2.77. The fourth-order valence-electron chi connectivity index (χ4n) is 14.7. The van der Waals surface area contributed by atoms with Crippen LogP contribution in [0.15, 0.2) is 34.1 Å². The number of aromatic nitrogens is 5. The number of nitrogens with zero attached hydrogens (tertiary/aromatic N) is 4. The van der Waals surface area contributed by atoms with E-state index < -0.39 is 35.8 Å². The molecule has 6 aliphatic rings. The fraction of sp³-hybridized carbons (Fsp3) is 0.795. The van der Waals surface area contributed by atoms with Crippen molar-refractivity contribution in [1.29, 1.82) is 0 Å². The lowest BCUT2D eigenvalue weighted by Crippen LogP contribution is -2.67. The molecule has 5 saturated carbocycles. The molecule has 8 rings (SSSR count). The number of carbonyl (C=O) groups excluding carboxylic acids is 1. The molecule has 57 heavy (non-hydrogen) atoms. The van der Waals surface area contributed by atoms with Crippen molar-refractivity contribution in [3.8, 4) is 0 Å². The van der Waals surface area contributed by atoms with E-state index in [0.717, 1.165) is 38.5 Å². The van der Waals surface area contributed by atoms with Gasteiger partial charge in [-0.2, -0.15) is 0 Å². The van der Waals surface area contributed by atoms with Crippen molar-refractivity contribution in [2.45, 2.75) is 150 Å². The van der Waals surface area contributed by atoms with E-state index >= 15 is 0 Å². The maximum atomic E-state index is 13.3. The van der Waals surface area contributed by atoms with Crippen LogP contribution in [0.2, 0.25) is 0 Å². The minimum Gasteiger partial charge on any atom is -0.430 e. The van der Waals surface area contributed by atoms with E-state index in [2.05, 4.69) is 63.4 Å². The van der Waals surface area contributed by atoms with Crippen LogP contribution >= 0.6 is 0 Å². The van der Waals surface area contributed by atoms with Crippen LogP contribution in [-0.4, -0.2) is 66.3 Å². The molecule has 1 aliphatic heterocycles. The molecule has 314 valence electrons. The van der Waals surface area contributed by atoms with Gasteiger partial charge in [0, 0.05) is 30.2 Å². The van der Waals surface area contributed by atoms with Crippen LogP contribution in [0, 0.1) is 63.6 Å². The molecule has 13 nitrogen and oxygen atoms in total. The van der Waals surface area contributed by atoms with Crippen LogP contribution in [-0.2, 0) is 20.8 Å². The van der Waals surface area contributed by atoms with E-state index in [1.54, 1.807) is 17.8 Å². The van der Waals surface area contributed by atoms with Gasteiger partial charge in [0.05, 0.1) is 18.8 Å². The Labute approximate surface area is 335 Å². The number of allylic oxidation sites excluding steroid dienone is 1. The zero-order valence-electron chi connectivity index (χ0n) is 35.1. The lowest BCUT2D eigenvalue weighted by molar-refractivity contribution is -0.250. The smallest absolute Gasteiger partial charge is 0.430 e. The SMILES string of the molecule is C=C(C)[C@@H]1CC[C@]2(CO)CC[C@]3(C)[C@H](CC[C@@H]4[C@@]5(C)CC[C@H](OC(=O)OCc6cn([C@H]7C[C@H](n8cc(C)c(=O)[nH]c8=O)O[C@@H]7CO)nn6)C(C)(C)[C@@H]5CC[C@]43C)[C@@H]12. The molecule has 3 N–H and O–H groups in total. The molecule has 13 atom stereocenters. The number of hydrogen-bond donors (Lipinski definition) is 3. The number of fused-ring (bicyclic) bond motifs is 7. The lowest BCUT2D eigenvalue weighted by Gasteiger charge is -2.73. The topological polar surface area (TPSA) is 171 Å². The molecule has 13 heteroatoms. The Kier molecular flexibility index (Phi) is 10.1. The summed E-state index contributed by atoms with van der Waals surface area (Å²) in [6, 6.07) is -0.442. The zero-order chi connectivity index (χ0) is 40.9. The minimum atomic E-state index is -0.719. The van der Waals surface area contributed by atoms with E-state index in [9.17, 15) is 24.6 Å². The first-order valence-electron chi connectivity index (χ1n) is 21.5. The number of H-pyrrole nitrogens is 1. The van der Waals surface area contributed by atoms with Gasteiger partial charge in [-0.1, -0.05) is 52.0 Å². The number of aliphatic hydroxyl groups excluding tert-OH is 2. The third kappa shape index (κ3) is 6.13. The molecule has 0 bridgehead atoms. The summed E-state index contributed by atoms with van der Waals surface area (Å²) in [6.07, 6.45) is 12.1. The largest absolute Gasteiger partial charge is 0.508 e. The van der Waals surface area contributed by atoms with Crippen LogP contribution in [0.1, 0.15) is 136 Å². The molecular weight excluding hydrogens is 727 g/mol. The van der Waals surface area contributed by atoms with Gasteiger partial charge in [-0.25, -0.2) is 14.3 Å². The highest BCUT2D eigenvalue weighted by molar-refractivity contribution is 5.60. The molecule has 5 aliphatic carbocycles. The second-order valence-electron chi connectivity index (χ2n) is 20.5. The Bertz CT molecular complexity index is 2010. The van der Waals surface area contributed by atoms with E-state index in [1.807, 2.05) is 0 Å². The fourth-order valence-corrected chi connectivity index (χ4v) is 14.7. The molecule has 2 aromatic rings. The number of rotatable bonds is 8. The van der Waals surface area contributed by atoms with Gasteiger partial charge >= 0.3 is 11.8 Å². The van der Waals surface area contributed by atoms with Crippen molar-refractivity contribution >= 4 is 6.16 Å². The van der Waals surface area contributed by atoms with Gasteiger partial charge < -0.3 is 24.4 Å². The maximum Gasteiger partial charge on any atom is 0.508 e. The molecule has 3 heterocycles. The number of aromatic amines is 1. The van der Waals surface area contributed by atoms with Crippen LogP contribution in [0.25, 0.3) is 0 Å². The molecule has 0 amide bonds. The summed E-state index contributed by atoms with van der Waals surface area (Å²) < 4.78 is 20.7. The Morgan fingerprint density at radius 1 is 0.982 bits per heavy atom. The second-order valence-corrected chi connectivity index (χ2v) is 20.5. The first-order chi connectivity index (χ1) is 26.9. The van der Waals surface area contributed by atoms with Gasteiger partial charge in [-0.3, -0.25) is 14.3 Å². The lowest BCUT2D eigenvalue weighted by atomic mass is 9.32. The molecule has 6 fully saturated rings. The van der Waals surface area contributed by atoms with Crippen molar-refractivity contribution in [3.05, 3.63) is 56.6 Å². The Morgan fingerprint density at radius 2 is 1.75 bits per heavy atom. The first-order valence-corrected chi connectivity index (χ1v) is 21.5. The third-order valence-electron chi connectivity index (χ3n) is 17.8. The Morgan fingerprint density at radius 3 is 2.47 bits per heavy atom. The van der Waals surface area contributed by atoms with Crippen LogP contribution < -0.4 is 11.2 Å². The van der Waals surface area contributed by atoms with Crippen molar-refractivity contribution in [2.75, 3.05) is 13.2 Å². The normalized spacial score (nSPS) is 42.0. The molecular formula is C44H65N5O8. The molecule has 0 aromatic carbocycles. The maximum absolute atomic E-state index is 13.3. The molecule has 0 radical (unpaired) electrons. The molecule has 1 saturated heterocycles. The van der Waals surface area contributed by atoms with Gasteiger partial charge in [0.1, 0.15) is 30.7 Å². The summed E-state index contributed by atoms with van der Waals surface area (Å²) in [6.45, 7) is 20.5. The van der Waals surface area contributed by atoms with Crippen LogP contribution in [0.4, 0.5) is 4.79 Å². The predicted octanol–water partition coefficient (Wildman–Crippen LogP) is 6.63. The second kappa shape index (κ2) is 14.2. The molecule has 0 unspecified atom stereocenters. The highest BCUT2D eigenvalue weighted by atomic mass is 16.7. The summed E-state index contributed by atoms with van der Waals surface area (Å²) in [4.78, 5) is 40.0. The quantitative estimate of drug-likeness (QED) is 0.195. The number of aliphatic hydroxyl groups is 2. The van der Waals surface area contributed by atoms with E-state index in [4.69, 9.17) is 14.2 Å². The van der Waals surface area contributed by atoms with E-state index in [-0.39, 0.29) is 46.4 Å². The van der Waals surface area contributed by atoms with Crippen molar-refractivity contribution in [3.63, 3.8) is 0 Å². The number of carbonyl (C=O) groups is 1. The van der Waals surface area contributed by atoms with Gasteiger partial charge in [0.2, 0.25) is 0 Å². The Balaban J connectivity index is 0.914. The number of ether oxygens (including phenoxy) is 3. The van der Waals surface area contributed by atoms with Crippen molar-refractivity contribution in [1.82, 2.24) is 24.5 Å². The summed E-state index contributed by atoms with van der Waals surface area (Å²) >= 11 is 0. The number of nitrogens with one attached hydrogen (secondary N) is 1. The third-order valence-corrected chi connectivity index (χ3v) is 17.8. The van der Waals surface area contributed by atoms with Crippen LogP contribution in [0.3, 0.4) is 0 Å². The van der Waals surface area contributed by atoms with E-state index in [0.29, 0.717) is 53.9 Å². The van der Waals surface area contributed by atoms with Gasteiger partial charge in [0.15, 0.2) is 0 Å². The van der Waals surface area contributed by atoms with Gasteiger partial charge in [0.25, 0.3) is 5.56 Å². The number of aryl methyl sites for hydroxylation is 1. The minimum absolute atomic E-state index is 0.0490. The van der Waals surface area contributed by atoms with E-state index in [1.165, 1.54) is 42.0 Å². The highest BCUT2D eigenvalue weighted by Gasteiger charge is 2.71. The first kappa shape index (κ1) is 40.5. The van der Waals surface area contributed by atoms with Crippen molar-refractivity contribution in [2.24, 2.45) is 56.7 Å². The summed E-state index contributed by atoms with van der Waals surface area (Å²) in [5.41, 5.74) is 1.38. The van der Waals surface area contributed by atoms with Crippen molar-refractivity contribution < 1.29 is 29.2 Å². The summed E-state index contributed by atoms with van der Waals surface area (Å²) in [5.74, 6) is 2.61.